The summed E-state index contributed by atoms with van der Waals surface area (Å²) in [7, 11) is 2.77. The van der Waals surface area contributed by atoms with Crippen LogP contribution in [0.5, 0.6) is 5.75 Å². The Morgan fingerprint density at radius 3 is 1.96 bits per heavy atom. The van der Waals surface area contributed by atoms with E-state index in [2.05, 4.69) is 5.32 Å². The van der Waals surface area contributed by atoms with Gasteiger partial charge in [0.05, 0.1) is 25.9 Å². The van der Waals surface area contributed by atoms with Crippen molar-refractivity contribution >= 4 is 30.3 Å². The molecule has 0 aliphatic rings. The Hall–Kier alpha value is -4.77. The molecule has 0 heterocycles. The van der Waals surface area contributed by atoms with Crippen molar-refractivity contribution in [3.63, 3.8) is 0 Å². The lowest BCUT2D eigenvalue weighted by Gasteiger charge is -2.26. The van der Waals surface area contributed by atoms with E-state index in [1.165, 1.54) is 38.3 Å². The second-order valence-corrected chi connectivity index (χ2v) is 12.0. The minimum absolute atomic E-state index is 0.0178. The van der Waals surface area contributed by atoms with Crippen molar-refractivity contribution in [2.45, 2.75) is 39.0 Å². The van der Waals surface area contributed by atoms with E-state index in [0.717, 1.165) is 39.4 Å². The quantitative estimate of drug-likeness (QED) is 0.0598. The van der Waals surface area contributed by atoms with E-state index in [0.29, 0.717) is 30.1 Å². The Kier molecular flexibility index (Phi) is 12.7. The smallest absolute Gasteiger partial charge is 0.416 e. The van der Waals surface area contributed by atoms with Crippen LogP contribution in [0.3, 0.4) is 0 Å². The van der Waals surface area contributed by atoms with E-state index in [1.807, 2.05) is 56.3 Å². The molecule has 264 valence electrons. The molecular weight excluding hydrogens is 650 g/mol. The number of aliphatic hydroxyl groups excluding tert-OH is 1. The molecule has 6 nitrogen and oxygen atoms in total. The number of halogens is 4. The van der Waals surface area contributed by atoms with Gasteiger partial charge in [0, 0.05) is 19.2 Å². The third-order valence-electron chi connectivity index (χ3n) is 8.51. The molecule has 4 aromatic rings. The lowest BCUT2D eigenvalue weighted by molar-refractivity contribution is -0.149. The molecule has 0 aromatic heterocycles. The van der Waals surface area contributed by atoms with Crippen molar-refractivity contribution in [1.29, 1.82) is 0 Å². The highest BCUT2D eigenvalue weighted by Gasteiger charge is 2.34. The van der Waals surface area contributed by atoms with Gasteiger partial charge in [0.1, 0.15) is 23.7 Å². The molecule has 0 spiro atoms. The largest absolute Gasteiger partial charge is 0.491 e. The van der Waals surface area contributed by atoms with E-state index >= 15 is 0 Å². The standard InChI is InChI=1S/C40H41F4NO5/c1-26-29(13-15-31-22-28(12-18-36(31)40(42,43)44)24-45-39(3,25-46)38(47)49-5)8-6-10-34(26)35-11-7-9-30(27(35)2)14-16-32-23-33(17-19-37(32)41)50-21-20-48-4/h6-19,22-23,45-46H,20-21,24-25H2,1-5H3/b15-13+,16-14+. The average molecular weight is 692 g/mol. The Morgan fingerprint density at radius 2 is 1.40 bits per heavy atom. The summed E-state index contributed by atoms with van der Waals surface area (Å²) in [6.45, 7) is 5.55. The number of methoxy groups -OCH3 is 2. The van der Waals surface area contributed by atoms with Crippen LogP contribution in [-0.4, -0.2) is 50.7 Å². The first-order chi connectivity index (χ1) is 23.8. The molecule has 0 saturated carbocycles. The number of esters is 1. The number of benzene rings is 4. The monoisotopic (exact) mass is 691 g/mol. The summed E-state index contributed by atoms with van der Waals surface area (Å²) in [5, 5.41) is 12.6. The lowest BCUT2D eigenvalue weighted by atomic mass is 9.91. The zero-order valence-electron chi connectivity index (χ0n) is 28.7. The zero-order valence-corrected chi connectivity index (χ0v) is 28.7. The van der Waals surface area contributed by atoms with E-state index in [-0.39, 0.29) is 17.9 Å². The Labute approximate surface area is 290 Å². The Bertz CT molecular complexity index is 1870. The maximum absolute atomic E-state index is 14.6. The van der Waals surface area contributed by atoms with Gasteiger partial charge in [0.15, 0.2) is 0 Å². The number of aliphatic hydroxyl groups is 1. The molecule has 4 rings (SSSR count). The van der Waals surface area contributed by atoms with Crippen molar-refractivity contribution in [2.24, 2.45) is 0 Å². The summed E-state index contributed by atoms with van der Waals surface area (Å²) in [5.41, 5.74) is 3.83. The summed E-state index contributed by atoms with van der Waals surface area (Å²) < 4.78 is 72.1. The number of alkyl halides is 3. The number of hydrogen-bond donors (Lipinski definition) is 2. The van der Waals surface area contributed by atoms with Crippen molar-refractivity contribution in [1.82, 2.24) is 5.32 Å². The fraction of sp³-hybridized carbons (Fsp3) is 0.275. The third-order valence-corrected chi connectivity index (χ3v) is 8.51. The number of carbonyl (C=O) groups excluding carboxylic acids is 1. The highest BCUT2D eigenvalue weighted by Crippen LogP contribution is 2.35. The van der Waals surface area contributed by atoms with E-state index in [9.17, 15) is 27.5 Å². The molecule has 0 fully saturated rings. The van der Waals surface area contributed by atoms with Crippen LogP contribution >= 0.6 is 0 Å². The van der Waals surface area contributed by atoms with E-state index in [4.69, 9.17) is 14.2 Å². The normalized spacial score (nSPS) is 13.2. The molecule has 1 unspecified atom stereocenters. The summed E-state index contributed by atoms with van der Waals surface area (Å²) in [6, 6.07) is 19.7. The maximum atomic E-state index is 14.6. The van der Waals surface area contributed by atoms with Gasteiger partial charge in [0.25, 0.3) is 0 Å². The van der Waals surface area contributed by atoms with E-state index < -0.39 is 29.9 Å². The SMILES string of the molecule is COCCOc1ccc(F)c(/C=C/c2cccc(-c3cccc(/C=C/c4cc(CNC(C)(CO)C(=O)OC)ccc4C(F)(F)F)c3C)c2C)c1. The topological polar surface area (TPSA) is 77.0 Å². The van der Waals surface area contributed by atoms with E-state index in [1.54, 1.807) is 31.4 Å². The van der Waals surface area contributed by atoms with Gasteiger partial charge in [-0.2, -0.15) is 13.2 Å². The van der Waals surface area contributed by atoms with Crippen LogP contribution in [0, 0.1) is 19.7 Å². The molecule has 50 heavy (non-hydrogen) atoms. The molecule has 0 aliphatic carbocycles. The molecule has 0 bridgehead atoms. The van der Waals surface area contributed by atoms with Gasteiger partial charge in [-0.1, -0.05) is 66.8 Å². The molecule has 0 saturated heterocycles. The molecule has 0 aliphatic heterocycles. The van der Waals surface area contributed by atoms with Crippen LogP contribution in [0.4, 0.5) is 17.6 Å². The van der Waals surface area contributed by atoms with Crippen LogP contribution < -0.4 is 10.1 Å². The van der Waals surface area contributed by atoms with Gasteiger partial charge in [-0.15, -0.1) is 0 Å². The predicted molar refractivity (Wildman–Crippen MR) is 189 cm³/mol. The second-order valence-electron chi connectivity index (χ2n) is 12.0. The van der Waals surface area contributed by atoms with Gasteiger partial charge >= 0.3 is 12.1 Å². The number of hydrogen-bond acceptors (Lipinski definition) is 6. The van der Waals surface area contributed by atoms with Crippen molar-refractivity contribution in [3.05, 3.63) is 123 Å². The zero-order chi connectivity index (χ0) is 36.5. The molecule has 1 atom stereocenters. The number of ether oxygens (including phenoxy) is 3. The number of rotatable bonds is 14. The first-order valence-electron chi connectivity index (χ1n) is 15.9. The van der Waals surface area contributed by atoms with Gasteiger partial charge in [0.2, 0.25) is 0 Å². The van der Waals surface area contributed by atoms with Crippen molar-refractivity contribution in [3.8, 4) is 16.9 Å². The van der Waals surface area contributed by atoms with Crippen LogP contribution in [0.15, 0.2) is 72.8 Å². The summed E-state index contributed by atoms with van der Waals surface area (Å²) >= 11 is 0. The van der Waals surface area contributed by atoms with Gasteiger partial charge in [-0.05, 0) is 95.6 Å². The maximum Gasteiger partial charge on any atom is 0.416 e. The van der Waals surface area contributed by atoms with Crippen LogP contribution in [0.2, 0.25) is 0 Å². The first kappa shape index (κ1) is 38.0. The molecule has 0 radical (unpaired) electrons. The summed E-state index contributed by atoms with van der Waals surface area (Å²) in [6.07, 6.45) is 2.01. The molecular formula is C40H41F4NO5. The van der Waals surface area contributed by atoms with Gasteiger partial charge < -0.3 is 19.3 Å². The highest BCUT2D eigenvalue weighted by molar-refractivity contribution is 5.82. The minimum Gasteiger partial charge on any atom is -0.491 e. The number of carbonyl (C=O) groups is 1. The number of nitrogens with one attached hydrogen (secondary N) is 1. The first-order valence-corrected chi connectivity index (χ1v) is 15.9. The molecule has 0 amide bonds. The van der Waals surface area contributed by atoms with Gasteiger partial charge in [-0.25, -0.2) is 9.18 Å². The fourth-order valence-corrected chi connectivity index (χ4v) is 5.43. The lowest BCUT2D eigenvalue weighted by Crippen LogP contribution is -2.52. The molecule has 2 N–H and O–H groups in total. The van der Waals surface area contributed by atoms with Crippen LogP contribution in [0.1, 0.15) is 51.4 Å². The molecule has 4 aromatic carbocycles. The summed E-state index contributed by atoms with van der Waals surface area (Å²) in [4.78, 5) is 12.1. The third kappa shape index (κ3) is 9.26. The van der Waals surface area contributed by atoms with Crippen molar-refractivity contribution < 1.29 is 41.7 Å². The Balaban J connectivity index is 1.63. The van der Waals surface area contributed by atoms with Crippen LogP contribution in [0.25, 0.3) is 35.4 Å². The molecule has 10 heteroatoms. The average Bonchev–Trinajstić information content (AvgIpc) is 3.10. The van der Waals surface area contributed by atoms with Gasteiger partial charge in [-0.3, -0.25) is 5.32 Å². The van der Waals surface area contributed by atoms with Crippen molar-refractivity contribution in [2.75, 3.05) is 34.0 Å². The predicted octanol–water partition coefficient (Wildman–Crippen LogP) is 8.51. The summed E-state index contributed by atoms with van der Waals surface area (Å²) in [5.74, 6) is -0.546. The second kappa shape index (κ2) is 16.8. The fourth-order valence-electron chi connectivity index (χ4n) is 5.43. The van der Waals surface area contributed by atoms with Crippen LogP contribution in [-0.2, 0) is 27.0 Å². The highest BCUT2D eigenvalue weighted by atomic mass is 19.4. The minimum atomic E-state index is -4.60. The Morgan fingerprint density at radius 1 is 0.800 bits per heavy atom.